The molecule has 144 valence electrons. The molecule has 3 aromatic heterocycles. The molecule has 0 saturated heterocycles. The largest absolute Gasteiger partial charge is 0.369 e. The van der Waals surface area contributed by atoms with Crippen molar-refractivity contribution in [3.63, 3.8) is 0 Å². The predicted octanol–water partition coefficient (Wildman–Crippen LogP) is 1.14. The summed E-state index contributed by atoms with van der Waals surface area (Å²) in [6, 6.07) is 3.70. The summed E-state index contributed by atoms with van der Waals surface area (Å²) in [6.45, 7) is 6.25. The first-order valence-electron chi connectivity index (χ1n) is 8.48. The second-order valence-electron chi connectivity index (χ2n) is 6.19. The van der Waals surface area contributed by atoms with E-state index < -0.39 is 10.0 Å². The minimum atomic E-state index is -3.65. The number of sulfonamides is 1. The van der Waals surface area contributed by atoms with Crippen LogP contribution in [0.1, 0.15) is 25.7 Å². The number of nitrogens with one attached hydrogen (secondary N) is 2. The molecule has 3 aromatic rings. The van der Waals surface area contributed by atoms with Crippen molar-refractivity contribution < 1.29 is 8.42 Å². The molecule has 0 spiro atoms. The number of rotatable bonds is 8. The molecule has 0 atom stereocenters. The molecular formula is C16H22N8O2S. The van der Waals surface area contributed by atoms with E-state index >= 15 is 0 Å². The SMILES string of the molecule is Cc1nc(NCCNS(=O)(=O)c2cn(C(C)C)cn2)cc(-n2cccn2)n1. The molecule has 0 aliphatic heterocycles. The van der Waals surface area contributed by atoms with Gasteiger partial charge in [-0.3, -0.25) is 0 Å². The van der Waals surface area contributed by atoms with Crippen molar-refractivity contribution in [1.82, 2.24) is 34.0 Å². The Morgan fingerprint density at radius 3 is 2.70 bits per heavy atom. The quantitative estimate of drug-likeness (QED) is 0.553. The normalized spacial score (nSPS) is 11.9. The summed E-state index contributed by atoms with van der Waals surface area (Å²) in [7, 11) is -3.65. The summed E-state index contributed by atoms with van der Waals surface area (Å²) in [5, 5.41) is 7.24. The lowest BCUT2D eigenvalue weighted by atomic mass is 10.4. The first kappa shape index (κ1) is 19.0. The molecule has 11 heteroatoms. The van der Waals surface area contributed by atoms with Crippen LogP contribution in [0.5, 0.6) is 0 Å². The number of hydrogen-bond acceptors (Lipinski definition) is 7. The van der Waals surface area contributed by atoms with Crippen molar-refractivity contribution in [2.45, 2.75) is 31.8 Å². The van der Waals surface area contributed by atoms with Crippen molar-refractivity contribution in [3.8, 4) is 5.82 Å². The fraction of sp³-hybridized carbons (Fsp3) is 0.375. The summed E-state index contributed by atoms with van der Waals surface area (Å²) < 4.78 is 30.5. The molecule has 0 bridgehead atoms. The number of aromatic nitrogens is 6. The van der Waals surface area contributed by atoms with Crippen molar-refractivity contribution >= 4 is 15.8 Å². The summed E-state index contributed by atoms with van der Waals surface area (Å²) in [4.78, 5) is 12.6. The molecule has 0 fully saturated rings. The van der Waals surface area contributed by atoms with Gasteiger partial charge in [0.05, 0.1) is 6.33 Å². The van der Waals surface area contributed by atoms with Gasteiger partial charge in [0.2, 0.25) is 0 Å². The molecule has 10 nitrogen and oxygen atoms in total. The number of anilines is 1. The Morgan fingerprint density at radius 1 is 1.22 bits per heavy atom. The molecule has 0 aromatic carbocycles. The van der Waals surface area contributed by atoms with Crippen molar-refractivity contribution in [1.29, 1.82) is 0 Å². The molecule has 0 radical (unpaired) electrons. The Hall–Kier alpha value is -2.79. The third-order valence-corrected chi connectivity index (χ3v) is 5.08. The summed E-state index contributed by atoms with van der Waals surface area (Å²) >= 11 is 0. The maximum absolute atomic E-state index is 12.3. The van der Waals surface area contributed by atoms with Crippen molar-refractivity contribution in [2.75, 3.05) is 18.4 Å². The zero-order valence-corrected chi connectivity index (χ0v) is 16.2. The minimum absolute atomic E-state index is 0.00930. The molecule has 3 heterocycles. The third-order valence-electron chi connectivity index (χ3n) is 3.74. The lowest BCUT2D eigenvalue weighted by Gasteiger charge is -2.09. The Balaban J connectivity index is 1.58. The second kappa shape index (κ2) is 7.84. The van der Waals surface area contributed by atoms with Crippen LogP contribution in [0.3, 0.4) is 0 Å². The van der Waals surface area contributed by atoms with Crippen LogP contribution >= 0.6 is 0 Å². The summed E-state index contributed by atoms with van der Waals surface area (Å²) in [5.74, 6) is 1.82. The number of imidazole rings is 1. The van der Waals surface area contributed by atoms with Gasteiger partial charge >= 0.3 is 0 Å². The average Bonchev–Trinajstić information content (AvgIpc) is 3.29. The van der Waals surface area contributed by atoms with Crippen molar-refractivity contribution in [3.05, 3.63) is 42.9 Å². The van der Waals surface area contributed by atoms with E-state index in [1.165, 1.54) is 12.5 Å². The Morgan fingerprint density at radius 2 is 2.04 bits per heavy atom. The minimum Gasteiger partial charge on any atom is -0.369 e. The third kappa shape index (κ3) is 4.68. The summed E-state index contributed by atoms with van der Waals surface area (Å²) in [6.07, 6.45) is 6.48. The molecule has 2 N–H and O–H groups in total. The maximum atomic E-state index is 12.3. The van der Waals surface area contributed by atoms with Gasteiger partial charge in [0.1, 0.15) is 11.6 Å². The molecule has 3 rings (SSSR count). The zero-order valence-electron chi connectivity index (χ0n) is 15.4. The Labute approximate surface area is 157 Å². The van der Waals surface area contributed by atoms with Crippen LogP contribution in [-0.2, 0) is 10.0 Å². The highest BCUT2D eigenvalue weighted by Crippen LogP contribution is 2.11. The summed E-state index contributed by atoms with van der Waals surface area (Å²) in [5.41, 5.74) is 0. The molecular weight excluding hydrogens is 368 g/mol. The second-order valence-corrected chi connectivity index (χ2v) is 7.90. The fourth-order valence-corrected chi connectivity index (χ4v) is 3.32. The highest BCUT2D eigenvalue weighted by molar-refractivity contribution is 7.89. The van der Waals surface area contributed by atoms with Gasteiger partial charge in [-0.2, -0.15) is 5.10 Å². The van der Waals surface area contributed by atoms with Crippen LogP contribution in [-0.4, -0.2) is 50.8 Å². The molecule has 0 saturated carbocycles. The van der Waals surface area contributed by atoms with Crippen LogP contribution in [0.4, 0.5) is 5.82 Å². The number of nitrogens with zero attached hydrogens (tertiary/aromatic N) is 6. The van der Waals surface area contributed by atoms with Crippen LogP contribution in [0.25, 0.3) is 5.82 Å². The predicted molar refractivity (Wildman–Crippen MR) is 100 cm³/mol. The van der Waals surface area contributed by atoms with Gasteiger partial charge in [-0.15, -0.1) is 0 Å². The van der Waals surface area contributed by atoms with Crippen molar-refractivity contribution in [2.24, 2.45) is 0 Å². The van der Waals surface area contributed by atoms with E-state index in [2.05, 4.69) is 30.1 Å². The molecule has 0 aliphatic carbocycles. The highest BCUT2D eigenvalue weighted by atomic mass is 32.2. The zero-order chi connectivity index (χ0) is 19.4. The van der Waals surface area contributed by atoms with E-state index in [0.29, 0.717) is 24.0 Å². The standard InChI is InChI=1S/C16H22N8O2S/c1-12(2)23-10-16(18-11-23)27(25,26)20-7-6-17-14-9-15(22-13(3)21-14)24-8-4-5-19-24/h4-5,8-12,20H,6-7H2,1-3H3,(H,17,21,22). The lowest BCUT2D eigenvalue weighted by Crippen LogP contribution is -2.29. The Bertz CT molecular complexity index is 995. The topological polar surface area (TPSA) is 120 Å². The maximum Gasteiger partial charge on any atom is 0.259 e. The molecule has 0 aliphatic rings. The first-order chi connectivity index (χ1) is 12.8. The van der Waals surface area contributed by atoms with Gasteiger partial charge < -0.3 is 9.88 Å². The molecule has 27 heavy (non-hydrogen) atoms. The molecule has 0 amide bonds. The fourth-order valence-electron chi connectivity index (χ4n) is 2.35. The number of hydrogen-bond donors (Lipinski definition) is 2. The monoisotopic (exact) mass is 390 g/mol. The van der Waals surface area contributed by atoms with E-state index in [9.17, 15) is 8.42 Å². The Kier molecular flexibility index (Phi) is 5.51. The van der Waals surface area contributed by atoms with E-state index in [1.807, 2.05) is 13.8 Å². The van der Waals surface area contributed by atoms with Gasteiger partial charge in [0.15, 0.2) is 10.8 Å². The van der Waals surface area contributed by atoms with Crippen LogP contribution in [0.15, 0.2) is 42.1 Å². The highest BCUT2D eigenvalue weighted by Gasteiger charge is 2.17. The van der Waals surface area contributed by atoms with Gasteiger partial charge in [-0.05, 0) is 26.8 Å². The average molecular weight is 390 g/mol. The van der Waals surface area contributed by atoms with Crippen LogP contribution < -0.4 is 10.0 Å². The van der Waals surface area contributed by atoms with E-state index in [4.69, 9.17) is 0 Å². The number of aryl methyl sites for hydroxylation is 1. The first-order valence-corrected chi connectivity index (χ1v) is 9.96. The van der Waals surface area contributed by atoms with E-state index in [1.54, 1.807) is 40.7 Å². The van der Waals surface area contributed by atoms with E-state index in [-0.39, 0.29) is 17.6 Å². The van der Waals surface area contributed by atoms with Crippen LogP contribution in [0, 0.1) is 6.92 Å². The van der Waals surface area contributed by atoms with E-state index in [0.717, 1.165) is 0 Å². The van der Waals surface area contributed by atoms with Gasteiger partial charge in [0.25, 0.3) is 10.0 Å². The smallest absolute Gasteiger partial charge is 0.259 e. The lowest BCUT2D eigenvalue weighted by molar-refractivity contribution is 0.577. The molecule has 0 unspecified atom stereocenters. The van der Waals surface area contributed by atoms with Crippen LogP contribution in [0.2, 0.25) is 0 Å². The van der Waals surface area contributed by atoms with Gasteiger partial charge in [-0.1, -0.05) is 0 Å². The van der Waals surface area contributed by atoms with Gasteiger partial charge in [0, 0.05) is 43.8 Å². The van der Waals surface area contributed by atoms with Gasteiger partial charge in [-0.25, -0.2) is 32.8 Å².